The molecule has 10 nitrogen and oxygen atoms in total. The maximum Gasteiger partial charge on any atom is 0.410 e. The number of fused-ring (bicyclic) bond motifs is 2. The minimum Gasteiger partial charge on any atom is -0.493 e. The van der Waals surface area contributed by atoms with Crippen molar-refractivity contribution in [3.8, 4) is 28.7 Å². The van der Waals surface area contributed by atoms with Crippen LogP contribution in [0.5, 0.6) is 11.5 Å². The Hall–Kier alpha value is -4.86. The summed E-state index contributed by atoms with van der Waals surface area (Å²) in [5.74, 6) is 3.05. The summed E-state index contributed by atoms with van der Waals surface area (Å²) in [5.41, 5.74) is 1.97. The average molecular weight is 581 g/mol. The highest BCUT2D eigenvalue weighted by Gasteiger charge is 2.28. The molecule has 43 heavy (non-hydrogen) atoms. The number of piperidine rings is 1. The number of rotatable bonds is 6. The number of methoxy groups -OCH3 is 2. The Morgan fingerprint density at radius 2 is 1.72 bits per heavy atom. The summed E-state index contributed by atoms with van der Waals surface area (Å²) in [6.45, 7) is 6.80. The first-order chi connectivity index (χ1) is 20.7. The molecule has 2 aromatic heterocycles. The molecule has 0 bridgehead atoms. The van der Waals surface area contributed by atoms with E-state index in [1.165, 1.54) is 0 Å². The van der Waals surface area contributed by atoms with Crippen molar-refractivity contribution in [3.63, 3.8) is 0 Å². The lowest BCUT2D eigenvalue weighted by atomic mass is 10.1. The fourth-order valence-electron chi connectivity index (χ4n) is 5.47. The molecule has 1 amide bonds. The molecule has 0 aliphatic carbocycles. The number of imidazole rings is 1. The lowest BCUT2D eigenvalue weighted by molar-refractivity contribution is 0.0206. The predicted molar refractivity (Wildman–Crippen MR) is 167 cm³/mol. The van der Waals surface area contributed by atoms with Gasteiger partial charge in [0.1, 0.15) is 17.2 Å². The van der Waals surface area contributed by atoms with Crippen LogP contribution in [0, 0.1) is 0 Å². The number of nitrogens with zero attached hydrogens (tertiary/aromatic N) is 5. The molecule has 1 atom stereocenters. The molecule has 1 N–H and O–H groups in total. The molecule has 1 unspecified atom stereocenters. The van der Waals surface area contributed by atoms with Crippen molar-refractivity contribution in [3.05, 3.63) is 66.9 Å². The number of likely N-dealkylation sites (tertiary alicyclic amines) is 1. The number of anilines is 1. The van der Waals surface area contributed by atoms with E-state index in [-0.39, 0.29) is 12.1 Å². The van der Waals surface area contributed by atoms with Gasteiger partial charge in [0.05, 0.1) is 25.3 Å². The Kier molecular flexibility index (Phi) is 7.52. The first-order valence-corrected chi connectivity index (χ1v) is 14.4. The third-order valence-electron chi connectivity index (χ3n) is 7.44. The summed E-state index contributed by atoms with van der Waals surface area (Å²) >= 11 is 0. The Balaban J connectivity index is 1.38. The summed E-state index contributed by atoms with van der Waals surface area (Å²) in [6.07, 6.45) is 3.18. The minimum absolute atomic E-state index is 0.0136. The Labute approximate surface area is 250 Å². The molecule has 1 fully saturated rings. The van der Waals surface area contributed by atoms with Gasteiger partial charge in [-0.2, -0.15) is 4.98 Å². The van der Waals surface area contributed by atoms with Gasteiger partial charge in [-0.25, -0.2) is 14.8 Å². The van der Waals surface area contributed by atoms with Gasteiger partial charge in [0.25, 0.3) is 0 Å². The maximum atomic E-state index is 12.7. The Morgan fingerprint density at radius 3 is 2.49 bits per heavy atom. The first kappa shape index (κ1) is 28.3. The van der Waals surface area contributed by atoms with E-state index in [1.54, 1.807) is 25.3 Å². The molecule has 0 saturated carbocycles. The molecule has 6 rings (SSSR count). The maximum absolute atomic E-state index is 12.7. The molecule has 0 spiro atoms. The van der Waals surface area contributed by atoms with Gasteiger partial charge in [-0.15, -0.1) is 0 Å². The summed E-state index contributed by atoms with van der Waals surface area (Å²) in [5, 5.41) is 5.72. The van der Waals surface area contributed by atoms with Gasteiger partial charge in [0, 0.05) is 43.0 Å². The normalized spacial score (nSPS) is 15.5. The number of hydrogen-bond acceptors (Lipinski definition) is 8. The average Bonchev–Trinajstić information content (AvgIpc) is 3.38. The van der Waals surface area contributed by atoms with E-state index in [2.05, 4.69) is 40.6 Å². The second-order valence-corrected chi connectivity index (χ2v) is 11.7. The number of nitrogens with one attached hydrogen (secondary N) is 1. The van der Waals surface area contributed by atoms with E-state index in [9.17, 15) is 4.79 Å². The monoisotopic (exact) mass is 580 g/mol. The second-order valence-electron chi connectivity index (χ2n) is 11.7. The van der Waals surface area contributed by atoms with Crippen LogP contribution in [0.25, 0.3) is 39.0 Å². The summed E-state index contributed by atoms with van der Waals surface area (Å²) in [4.78, 5) is 29.0. The van der Waals surface area contributed by atoms with Crippen LogP contribution in [0.3, 0.4) is 0 Å². The van der Waals surface area contributed by atoms with Crippen molar-refractivity contribution in [2.75, 3.05) is 32.6 Å². The van der Waals surface area contributed by atoms with Gasteiger partial charge in [0.15, 0.2) is 11.5 Å². The van der Waals surface area contributed by atoms with Crippen LogP contribution >= 0.6 is 0 Å². The topological polar surface area (TPSA) is 104 Å². The van der Waals surface area contributed by atoms with Crippen LogP contribution in [-0.2, 0) is 4.74 Å². The number of carbonyl (C=O) groups excluding carboxylic acids is 1. The van der Waals surface area contributed by atoms with E-state index in [0.29, 0.717) is 36.4 Å². The van der Waals surface area contributed by atoms with E-state index in [4.69, 9.17) is 24.2 Å². The number of carbonyl (C=O) groups is 1. The van der Waals surface area contributed by atoms with Crippen molar-refractivity contribution in [1.29, 1.82) is 0 Å². The van der Waals surface area contributed by atoms with E-state index >= 15 is 0 Å². The molecule has 10 heteroatoms. The van der Waals surface area contributed by atoms with Crippen molar-refractivity contribution >= 4 is 33.8 Å². The molecular formula is C33H36N6O4. The van der Waals surface area contributed by atoms with Gasteiger partial charge in [-0.3, -0.25) is 4.57 Å². The van der Waals surface area contributed by atoms with E-state index in [1.807, 2.05) is 55.7 Å². The first-order valence-electron chi connectivity index (χ1n) is 14.4. The van der Waals surface area contributed by atoms with Crippen molar-refractivity contribution in [1.82, 2.24) is 24.4 Å². The van der Waals surface area contributed by atoms with Crippen LogP contribution in [0.4, 0.5) is 10.7 Å². The number of hydrogen-bond donors (Lipinski definition) is 1. The zero-order valence-electron chi connectivity index (χ0n) is 25.1. The van der Waals surface area contributed by atoms with Crippen molar-refractivity contribution in [2.24, 2.45) is 0 Å². The third kappa shape index (κ3) is 5.90. The molecule has 1 aliphatic rings. The molecule has 1 aliphatic heterocycles. The smallest absolute Gasteiger partial charge is 0.410 e. The predicted octanol–water partition coefficient (Wildman–Crippen LogP) is 6.46. The summed E-state index contributed by atoms with van der Waals surface area (Å²) in [7, 11) is 3.23. The number of amides is 1. The van der Waals surface area contributed by atoms with Gasteiger partial charge in [-0.1, -0.05) is 36.4 Å². The highest BCUT2D eigenvalue weighted by molar-refractivity contribution is 5.90. The SMILES string of the molecule is COc1cc2nc(-c3ccc4ccccc4c3)n(-c3ccnc(NC4CCCN(C(=O)OC(C)(C)C)C4)n3)c2cc1OC. The Morgan fingerprint density at radius 1 is 0.953 bits per heavy atom. The molecule has 1 saturated heterocycles. The highest BCUT2D eigenvalue weighted by atomic mass is 16.6. The minimum atomic E-state index is -0.544. The Bertz CT molecular complexity index is 1790. The summed E-state index contributed by atoms with van der Waals surface area (Å²) < 4.78 is 18.8. The van der Waals surface area contributed by atoms with E-state index in [0.717, 1.165) is 46.0 Å². The second kappa shape index (κ2) is 11.4. The van der Waals surface area contributed by atoms with Crippen LogP contribution in [0.15, 0.2) is 66.9 Å². The zero-order valence-corrected chi connectivity index (χ0v) is 25.1. The van der Waals surface area contributed by atoms with Crippen LogP contribution in [-0.4, -0.2) is 69.5 Å². The number of ether oxygens (including phenoxy) is 3. The zero-order chi connectivity index (χ0) is 30.1. The third-order valence-corrected chi connectivity index (χ3v) is 7.44. The lowest BCUT2D eigenvalue weighted by Gasteiger charge is -2.34. The van der Waals surface area contributed by atoms with Gasteiger partial charge < -0.3 is 24.4 Å². The van der Waals surface area contributed by atoms with E-state index < -0.39 is 5.60 Å². The molecule has 3 aromatic carbocycles. The van der Waals surface area contributed by atoms with Crippen molar-refractivity contribution < 1.29 is 19.0 Å². The van der Waals surface area contributed by atoms with Crippen LogP contribution < -0.4 is 14.8 Å². The fourth-order valence-corrected chi connectivity index (χ4v) is 5.47. The fraction of sp³-hybridized carbons (Fsp3) is 0.333. The van der Waals surface area contributed by atoms with Crippen LogP contribution in [0.1, 0.15) is 33.6 Å². The standard InChI is InChI=1S/C33H36N6O4/c1-33(2,3)43-32(40)38-16-8-11-24(20-38)35-31-34-15-14-29(37-31)39-26-19-28(42-5)27(41-4)18-25(26)36-30(39)23-13-12-21-9-6-7-10-22(21)17-23/h6-7,9-10,12-15,17-19,24H,8,11,16,20H2,1-5H3,(H,34,35,37). The number of benzene rings is 3. The molecular weight excluding hydrogens is 544 g/mol. The quantitative estimate of drug-likeness (QED) is 0.244. The molecule has 0 radical (unpaired) electrons. The van der Waals surface area contributed by atoms with Gasteiger partial charge in [-0.05, 0) is 56.5 Å². The van der Waals surface area contributed by atoms with Gasteiger partial charge >= 0.3 is 6.09 Å². The lowest BCUT2D eigenvalue weighted by Crippen LogP contribution is -2.47. The van der Waals surface area contributed by atoms with Gasteiger partial charge in [0.2, 0.25) is 5.95 Å². The number of aromatic nitrogens is 4. The molecule has 5 aromatic rings. The van der Waals surface area contributed by atoms with Crippen LogP contribution in [0.2, 0.25) is 0 Å². The summed E-state index contributed by atoms with van der Waals surface area (Å²) in [6, 6.07) is 20.2. The largest absolute Gasteiger partial charge is 0.493 e. The molecule has 222 valence electrons. The highest BCUT2D eigenvalue weighted by Crippen LogP contribution is 2.36. The van der Waals surface area contributed by atoms with Crippen molar-refractivity contribution in [2.45, 2.75) is 45.3 Å². The molecule has 3 heterocycles.